The van der Waals surface area contributed by atoms with Gasteiger partial charge in [0.15, 0.2) is 0 Å². The number of hydrogen-bond donors (Lipinski definition) is 0. The van der Waals surface area contributed by atoms with Crippen molar-refractivity contribution in [1.82, 2.24) is 4.57 Å². The zero-order chi connectivity index (χ0) is 39.8. The highest BCUT2D eigenvalue weighted by atomic mass is 15.1. The van der Waals surface area contributed by atoms with Crippen molar-refractivity contribution < 1.29 is 0 Å². The molecule has 2 nitrogen and oxygen atoms in total. The number of fused-ring (bicyclic) bond motifs is 4. The van der Waals surface area contributed by atoms with Gasteiger partial charge >= 0.3 is 0 Å². The molecule has 0 radical (unpaired) electrons. The molecule has 282 valence electrons. The Morgan fingerprint density at radius 1 is 0.300 bits per heavy atom. The summed E-state index contributed by atoms with van der Waals surface area (Å²) in [7, 11) is 0. The molecule has 10 aromatic carbocycles. The second kappa shape index (κ2) is 15.1. The molecule has 11 rings (SSSR count). The van der Waals surface area contributed by atoms with Crippen LogP contribution in [0.5, 0.6) is 0 Å². The van der Waals surface area contributed by atoms with Gasteiger partial charge in [-0.2, -0.15) is 0 Å². The van der Waals surface area contributed by atoms with Crippen molar-refractivity contribution in [3.8, 4) is 50.2 Å². The van der Waals surface area contributed by atoms with Crippen LogP contribution >= 0.6 is 0 Å². The monoisotopic (exact) mass is 764 g/mol. The average Bonchev–Trinajstić information content (AvgIpc) is 3.67. The minimum atomic E-state index is 1.09. The predicted molar refractivity (Wildman–Crippen MR) is 255 cm³/mol. The third kappa shape index (κ3) is 6.32. The molecule has 0 atom stereocenters. The molecule has 0 saturated heterocycles. The van der Waals surface area contributed by atoms with Crippen LogP contribution in [0.25, 0.3) is 82.8 Å². The van der Waals surface area contributed by atoms with Crippen LogP contribution in [-0.2, 0) is 0 Å². The fraction of sp³-hybridized carbons (Fsp3) is 0. The van der Waals surface area contributed by atoms with Gasteiger partial charge in [0.25, 0.3) is 0 Å². The van der Waals surface area contributed by atoms with Crippen molar-refractivity contribution in [2.75, 3.05) is 4.90 Å². The first-order valence-corrected chi connectivity index (χ1v) is 20.6. The number of nitrogens with zero attached hydrogens (tertiary/aromatic N) is 2. The summed E-state index contributed by atoms with van der Waals surface area (Å²) < 4.78 is 2.39. The first-order valence-electron chi connectivity index (χ1n) is 20.6. The molecule has 0 saturated carbocycles. The second-order valence-electron chi connectivity index (χ2n) is 15.3. The van der Waals surface area contributed by atoms with E-state index in [0.29, 0.717) is 0 Å². The lowest BCUT2D eigenvalue weighted by Crippen LogP contribution is -2.11. The highest BCUT2D eigenvalue weighted by molar-refractivity contribution is 6.16. The largest absolute Gasteiger partial charge is 0.310 e. The van der Waals surface area contributed by atoms with Crippen LogP contribution < -0.4 is 4.90 Å². The van der Waals surface area contributed by atoms with Crippen LogP contribution in [0, 0.1) is 0 Å². The minimum Gasteiger partial charge on any atom is -0.310 e. The van der Waals surface area contributed by atoms with Gasteiger partial charge in [0.1, 0.15) is 0 Å². The maximum absolute atomic E-state index is 2.42. The van der Waals surface area contributed by atoms with Crippen molar-refractivity contribution in [2.45, 2.75) is 0 Å². The van der Waals surface area contributed by atoms with E-state index in [1.54, 1.807) is 0 Å². The molecule has 0 aliphatic carbocycles. The Morgan fingerprint density at radius 2 is 0.867 bits per heavy atom. The Morgan fingerprint density at radius 3 is 1.70 bits per heavy atom. The fourth-order valence-corrected chi connectivity index (χ4v) is 8.91. The molecule has 0 N–H and O–H groups in total. The lowest BCUT2D eigenvalue weighted by atomic mass is 9.97. The van der Waals surface area contributed by atoms with Crippen LogP contribution in [0.15, 0.2) is 243 Å². The topological polar surface area (TPSA) is 8.17 Å². The smallest absolute Gasteiger partial charge is 0.0547 e. The molecule has 0 aliphatic heterocycles. The highest BCUT2D eigenvalue weighted by Gasteiger charge is 2.20. The quantitative estimate of drug-likeness (QED) is 0.150. The Labute approximate surface area is 350 Å². The summed E-state index contributed by atoms with van der Waals surface area (Å²) in [5, 5.41) is 4.98. The van der Waals surface area contributed by atoms with Crippen LogP contribution in [0.4, 0.5) is 17.1 Å². The first-order chi connectivity index (χ1) is 29.8. The molecule has 0 unspecified atom stereocenters. The summed E-state index contributed by atoms with van der Waals surface area (Å²) in [6, 6.07) is 87.9. The number of para-hydroxylation sites is 3. The van der Waals surface area contributed by atoms with E-state index in [-0.39, 0.29) is 0 Å². The molecule has 0 fully saturated rings. The van der Waals surface area contributed by atoms with E-state index in [1.807, 2.05) is 0 Å². The van der Waals surface area contributed by atoms with E-state index in [1.165, 1.54) is 60.4 Å². The van der Waals surface area contributed by atoms with Crippen LogP contribution in [-0.4, -0.2) is 4.57 Å². The molecule has 0 amide bonds. The predicted octanol–water partition coefficient (Wildman–Crippen LogP) is 16.1. The minimum absolute atomic E-state index is 1.09. The fourth-order valence-electron chi connectivity index (χ4n) is 8.91. The van der Waals surface area contributed by atoms with Crippen molar-refractivity contribution in [3.63, 3.8) is 0 Å². The third-order valence-electron chi connectivity index (χ3n) is 11.8. The van der Waals surface area contributed by atoms with Crippen molar-refractivity contribution >= 4 is 49.6 Å². The second-order valence-corrected chi connectivity index (χ2v) is 15.3. The van der Waals surface area contributed by atoms with E-state index >= 15 is 0 Å². The first kappa shape index (κ1) is 35.2. The van der Waals surface area contributed by atoms with Gasteiger partial charge in [0.05, 0.1) is 16.7 Å². The Hall–Kier alpha value is -7.94. The number of aromatic nitrogens is 1. The molecule has 0 bridgehead atoms. The van der Waals surface area contributed by atoms with Gasteiger partial charge in [-0.15, -0.1) is 0 Å². The lowest BCUT2D eigenvalue weighted by molar-refractivity contribution is 1.18. The maximum atomic E-state index is 2.42. The molecular weight excluding hydrogens is 725 g/mol. The van der Waals surface area contributed by atoms with Gasteiger partial charge in [-0.1, -0.05) is 182 Å². The molecule has 0 spiro atoms. The van der Waals surface area contributed by atoms with E-state index in [4.69, 9.17) is 0 Å². The van der Waals surface area contributed by atoms with E-state index in [2.05, 4.69) is 252 Å². The van der Waals surface area contributed by atoms with E-state index in [9.17, 15) is 0 Å². The number of rotatable bonds is 8. The average molecular weight is 765 g/mol. The zero-order valence-electron chi connectivity index (χ0n) is 33.0. The number of anilines is 3. The Balaban J connectivity index is 1.07. The number of hydrogen-bond acceptors (Lipinski definition) is 1. The summed E-state index contributed by atoms with van der Waals surface area (Å²) in [5.74, 6) is 0. The van der Waals surface area contributed by atoms with Crippen molar-refractivity contribution in [2.24, 2.45) is 0 Å². The zero-order valence-corrected chi connectivity index (χ0v) is 33.0. The third-order valence-corrected chi connectivity index (χ3v) is 11.8. The summed E-state index contributed by atoms with van der Waals surface area (Å²) in [6.07, 6.45) is 0. The van der Waals surface area contributed by atoms with Gasteiger partial charge in [-0.3, -0.25) is 0 Å². The van der Waals surface area contributed by atoms with Crippen molar-refractivity contribution in [1.29, 1.82) is 0 Å². The summed E-state index contributed by atoms with van der Waals surface area (Å²) >= 11 is 0. The van der Waals surface area contributed by atoms with Gasteiger partial charge < -0.3 is 9.47 Å². The van der Waals surface area contributed by atoms with E-state index in [0.717, 1.165) is 39.4 Å². The summed E-state index contributed by atoms with van der Waals surface area (Å²) in [6.45, 7) is 0. The normalized spacial score (nSPS) is 11.3. The molecular formula is C58H40N2. The molecule has 60 heavy (non-hydrogen) atoms. The van der Waals surface area contributed by atoms with Gasteiger partial charge in [-0.25, -0.2) is 0 Å². The SMILES string of the molecule is c1ccc(-c2ccc(-c3ccccc3N(c3ccc(-c4ccc5ccccc5c4)cc3)c3cccc(-c4cccc5c4c4ccccc4n5-c4ccccc4)c3)cc2)cc1. The Bertz CT molecular complexity index is 3290. The maximum Gasteiger partial charge on any atom is 0.0547 e. The van der Waals surface area contributed by atoms with E-state index < -0.39 is 0 Å². The standard InChI is InChI=1S/C58H40N2/c1-3-15-41(16-4-1)43-29-32-45(33-30-43)52-23-9-11-26-55(52)59(50-37-35-44(36-38-50)47-34-31-42-17-7-8-18-46(42)39-47)51-22-13-19-48(40-51)53-25-14-28-57-58(53)54-24-10-12-27-56(54)60(57)49-20-5-2-6-21-49/h1-40H. The molecule has 0 aliphatic rings. The summed E-state index contributed by atoms with van der Waals surface area (Å²) in [5.41, 5.74) is 16.3. The van der Waals surface area contributed by atoms with Gasteiger partial charge in [-0.05, 0) is 110 Å². The van der Waals surface area contributed by atoms with Gasteiger partial charge in [0, 0.05) is 33.4 Å². The lowest BCUT2D eigenvalue weighted by Gasteiger charge is -2.28. The molecule has 11 aromatic rings. The Kier molecular flexibility index (Phi) is 8.87. The van der Waals surface area contributed by atoms with Crippen LogP contribution in [0.2, 0.25) is 0 Å². The summed E-state index contributed by atoms with van der Waals surface area (Å²) in [4.78, 5) is 2.42. The van der Waals surface area contributed by atoms with Crippen molar-refractivity contribution in [3.05, 3.63) is 243 Å². The van der Waals surface area contributed by atoms with Gasteiger partial charge in [0.2, 0.25) is 0 Å². The van der Waals surface area contributed by atoms with Crippen LogP contribution in [0.1, 0.15) is 0 Å². The highest BCUT2D eigenvalue weighted by Crippen LogP contribution is 2.44. The molecule has 1 aromatic heterocycles. The molecule has 2 heteroatoms. The molecule has 1 heterocycles. The number of benzene rings is 10. The van der Waals surface area contributed by atoms with Crippen LogP contribution in [0.3, 0.4) is 0 Å².